The van der Waals surface area contributed by atoms with Gasteiger partial charge in [-0.2, -0.15) is 0 Å². The minimum Gasteiger partial charge on any atom is -0.508 e. The van der Waals surface area contributed by atoms with Crippen LogP contribution in [-0.4, -0.2) is 28.8 Å². The molecule has 14 heavy (non-hydrogen) atoms. The van der Waals surface area contributed by atoms with Crippen molar-refractivity contribution in [3.05, 3.63) is 18.2 Å². The molecule has 5 heteroatoms. The number of fused-ring (bicyclic) bond motifs is 1. The van der Waals surface area contributed by atoms with Gasteiger partial charge in [0.15, 0.2) is 6.04 Å². The number of nitrogens with one attached hydrogen (secondary N) is 1. The number of phenols is 1. The molecule has 0 fully saturated rings. The summed E-state index contributed by atoms with van der Waals surface area (Å²) in [5.41, 5.74) is 0.585. The summed E-state index contributed by atoms with van der Waals surface area (Å²) in [6.07, 6.45) is 0. The summed E-state index contributed by atoms with van der Waals surface area (Å²) >= 11 is 0. The number of aromatic hydroxyl groups is 1. The molecule has 5 nitrogen and oxygen atoms in total. The maximum Gasteiger partial charge on any atom is 0.329 e. The maximum absolute atomic E-state index is 10.6. The molecule has 3 N–H and O–H groups in total. The highest BCUT2D eigenvalue weighted by molar-refractivity contribution is 5.79. The van der Waals surface area contributed by atoms with Crippen LogP contribution in [0.5, 0.6) is 11.5 Å². The molecule has 0 bridgehead atoms. The van der Waals surface area contributed by atoms with Crippen molar-refractivity contribution >= 4 is 11.7 Å². The van der Waals surface area contributed by atoms with E-state index in [4.69, 9.17) is 14.9 Å². The predicted octanol–water partition coefficient (Wildman–Crippen LogP) is 0.650. The third kappa shape index (κ3) is 1.44. The first-order chi connectivity index (χ1) is 6.66. The average molecular weight is 195 g/mol. The fourth-order valence-corrected chi connectivity index (χ4v) is 1.29. The van der Waals surface area contributed by atoms with Gasteiger partial charge in [-0.15, -0.1) is 0 Å². The van der Waals surface area contributed by atoms with Crippen molar-refractivity contribution in [2.24, 2.45) is 0 Å². The molecule has 0 saturated heterocycles. The van der Waals surface area contributed by atoms with Gasteiger partial charge in [-0.25, -0.2) is 4.79 Å². The Morgan fingerprint density at radius 1 is 1.57 bits per heavy atom. The number of hydrogen-bond acceptors (Lipinski definition) is 4. The van der Waals surface area contributed by atoms with E-state index >= 15 is 0 Å². The van der Waals surface area contributed by atoms with Gasteiger partial charge in [0.25, 0.3) is 0 Å². The molecule has 1 aliphatic heterocycles. The first kappa shape index (κ1) is 8.68. The van der Waals surface area contributed by atoms with Crippen molar-refractivity contribution in [3.8, 4) is 11.5 Å². The van der Waals surface area contributed by atoms with E-state index < -0.39 is 12.0 Å². The molecule has 0 aliphatic carbocycles. The van der Waals surface area contributed by atoms with E-state index in [0.717, 1.165) is 0 Å². The number of anilines is 1. The van der Waals surface area contributed by atoms with Crippen LogP contribution >= 0.6 is 0 Å². The van der Waals surface area contributed by atoms with E-state index in [1.165, 1.54) is 12.1 Å². The summed E-state index contributed by atoms with van der Waals surface area (Å²) in [5, 5.41) is 20.7. The van der Waals surface area contributed by atoms with E-state index in [-0.39, 0.29) is 12.4 Å². The summed E-state index contributed by atoms with van der Waals surface area (Å²) in [4.78, 5) is 10.6. The van der Waals surface area contributed by atoms with Gasteiger partial charge in [0.1, 0.15) is 18.1 Å². The SMILES string of the molecule is O=C(O)C1COc2cc(O)ccc2N1. The molecule has 1 aliphatic rings. The Bertz CT molecular complexity index is 377. The van der Waals surface area contributed by atoms with Crippen molar-refractivity contribution in [3.63, 3.8) is 0 Å². The highest BCUT2D eigenvalue weighted by Crippen LogP contribution is 2.31. The fraction of sp³-hybridized carbons (Fsp3) is 0.222. The fourth-order valence-electron chi connectivity index (χ4n) is 1.29. The molecular formula is C9H9NO4. The van der Waals surface area contributed by atoms with Gasteiger partial charge in [-0.3, -0.25) is 0 Å². The molecule has 0 aromatic heterocycles. The zero-order valence-electron chi connectivity index (χ0n) is 7.23. The second-order valence-electron chi connectivity index (χ2n) is 3.03. The summed E-state index contributed by atoms with van der Waals surface area (Å²) in [7, 11) is 0. The van der Waals surface area contributed by atoms with Crippen LogP contribution in [0.4, 0.5) is 5.69 Å². The molecule has 0 amide bonds. The van der Waals surface area contributed by atoms with E-state index in [2.05, 4.69) is 5.32 Å². The zero-order chi connectivity index (χ0) is 10.1. The van der Waals surface area contributed by atoms with Crippen LogP contribution < -0.4 is 10.1 Å². The van der Waals surface area contributed by atoms with E-state index in [1.807, 2.05) is 0 Å². The number of carboxylic acids is 1. The predicted molar refractivity (Wildman–Crippen MR) is 48.6 cm³/mol. The zero-order valence-corrected chi connectivity index (χ0v) is 7.23. The number of hydrogen-bond donors (Lipinski definition) is 3. The van der Waals surface area contributed by atoms with Gasteiger partial charge in [0, 0.05) is 6.07 Å². The first-order valence-electron chi connectivity index (χ1n) is 4.12. The van der Waals surface area contributed by atoms with Gasteiger partial charge in [0.05, 0.1) is 5.69 Å². The number of phenolic OH excluding ortho intramolecular Hbond substituents is 1. The number of benzene rings is 1. The van der Waals surface area contributed by atoms with Gasteiger partial charge in [0.2, 0.25) is 0 Å². The van der Waals surface area contributed by atoms with Gasteiger partial charge in [-0.1, -0.05) is 0 Å². The Morgan fingerprint density at radius 2 is 2.36 bits per heavy atom. The van der Waals surface area contributed by atoms with Crippen molar-refractivity contribution in [1.29, 1.82) is 0 Å². The van der Waals surface area contributed by atoms with E-state index in [1.54, 1.807) is 6.07 Å². The van der Waals surface area contributed by atoms with Crippen molar-refractivity contribution in [1.82, 2.24) is 0 Å². The lowest BCUT2D eigenvalue weighted by Crippen LogP contribution is -2.38. The Kier molecular flexibility index (Phi) is 1.92. The molecule has 74 valence electrons. The Balaban J connectivity index is 2.27. The summed E-state index contributed by atoms with van der Waals surface area (Å²) in [6, 6.07) is 3.77. The molecule has 1 aromatic carbocycles. The first-order valence-corrected chi connectivity index (χ1v) is 4.12. The molecular weight excluding hydrogens is 186 g/mol. The minimum atomic E-state index is -0.955. The van der Waals surface area contributed by atoms with Crippen LogP contribution in [0, 0.1) is 0 Å². The van der Waals surface area contributed by atoms with Crippen LogP contribution in [-0.2, 0) is 4.79 Å². The lowest BCUT2D eigenvalue weighted by atomic mass is 10.2. The monoisotopic (exact) mass is 195 g/mol. The minimum absolute atomic E-state index is 0.0613. The smallest absolute Gasteiger partial charge is 0.329 e. The van der Waals surface area contributed by atoms with Crippen LogP contribution in [0.15, 0.2) is 18.2 Å². The Morgan fingerprint density at radius 3 is 3.07 bits per heavy atom. The van der Waals surface area contributed by atoms with Crippen molar-refractivity contribution in [2.75, 3.05) is 11.9 Å². The number of rotatable bonds is 1. The van der Waals surface area contributed by atoms with E-state index in [0.29, 0.717) is 11.4 Å². The largest absolute Gasteiger partial charge is 0.508 e. The van der Waals surface area contributed by atoms with Crippen LogP contribution in [0.2, 0.25) is 0 Å². The molecule has 0 spiro atoms. The highest BCUT2D eigenvalue weighted by Gasteiger charge is 2.24. The molecule has 1 heterocycles. The van der Waals surface area contributed by atoms with Gasteiger partial charge >= 0.3 is 5.97 Å². The van der Waals surface area contributed by atoms with E-state index in [9.17, 15) is 4.79 Å². The highest BCUT2D eigenvalue weighted by atomic mass is 16.5. The maximum atomic E-state index is 10.6. The molecule has 0 radical (unpaired) electrons. The number of carbonyl (C=O) groups is 1. The topological polar surface area (TPSA) is 78.8 Å². The molecule has 1 aromatic rings. The van der Waals surface area contributed by atoms with Crippen LogP contribution in [0.25, 0.3) is 0 Å². The second-order valence-corrected chi connectivity index (χ2v) is 3.03. The second kappa shape index (κ2) is 3.10. The van der Waals surface area contributed by atoms with Gasteiger partial charge < -0.3 is 20.3 Å². The number of ether oxygens (including phenoxy) is 1. The lowest BCUT2D eigenvalue weighted by Gasteiger charge is -2.24. The summed E-state index contributed by atoms with van der Waals surface area (Å²) in [6.45, 7) is 0.0613. The Labute approximate surface area is 79.9 Å². The standard InChI is InChI=1S/C9H9NO4/c11-5-1-2-6-8(3-5)14-4-7(10-6)9(12)13/h1-3,7,10-11H,4H2,(H,12,13). The van der Waals surface area contributed by atoms with Crippen LogP contribution in [0.3, 0.4) is 0 Å². The average Bonchev–Trinajstić information content (AvgIpc) is 2.16. The summed E-state index contributed by atoms with van der Waals surface area (Å²) < 4.78 is 5.17. The third-order valence-electron chi connectivity index (χ3n) is 2.00. The van der Waals surface area contributed by atoms with Crippen molar-refractivity contribution < 1.29 is 19.7 Å². The number of carboxylic acid groups (broad SMARTS) is 1. The summed E-state index contributed by atoms with van der Waals surface area (Å²) in [5.74, 6) is -0.384. The molecule has 2 rings (SSSR count). The Hall–Kier alpha value is -1.91. The molecule has 1 unspecified atom stereocenters. The molecule has 1 atom stereocenters. The van der Waals surface area contributed by atoms with Crippen molar-refractivity contribution in [2.45, 2.75) is 6.04 Å². The van der Waals surface area contributed by atoms with Gasteiger partial charge in [-0.05, 0) is 12.1 Å². The number of aliphatic carboxylic acids is 1. The normalized spacial score (nSPS) is 19.0. The molecule has 0 saturated carbocycles. The van der Waals surface area contributed by atoms with Crippen LogP contribution in [0.1, 0.15) is 0 Å². The lowest BCUT2D eigenvalue weighted by molar-refractivity contribution is -0.138. The third-order valence-corrected chi connectivity index (χ3v) is 2.00. The quantitative estimate of drug-likeness (QED) is 0.573.